The second-order valence-corrected chi connectivity index (χ2v) is 5.16. The molecule has 106 valence electrons. The zero-order valence-electron chi connectivity index (χ0n) is 11.4. The summed E-state index contributed by atoms with van der Waals surface area (Å²) in [6.45, 7) is 1.13. The van der Waals surface area contributed by atoms with E-state index in [0.717, 1.165) is 25.0 Å². The first-order valence-corrected chi connectivity index (χ1v) is 6.90. The topological polar surface area (TPSA) is 27.0 Å². The van der Waals surface area contributed by atoms with Gasteiger partial charge in [-0.15, -0.1) is 0 Å². The molecule has 2 aromatic rings. The van der Waals surface area contributed by atoms with Crippen LogP contribution in [0.5, 0.6) is 0 Å². The lowest BCUT2D eigenvalue weighted by Gasteiger charge is -2.23. The van der Waals surface area contributed by atoms with Crippen LogP contribution >= 0.6 is 0 Å². The third-order valence-electron chi connectivity index (χ3n) is 3.88. The van der Waals surface area contributed by atoms with Gasteiger partial charge in [0.05, 0.1) is 11.6 Å². The van der Waals surface area contributed by atoms with Crippen molar-refractivity contribution < 1.29 is 8.78 Å². The first kappa shape index (κ1) is 13.6. The molecule has 0 aromatic heterocycles. The lowest BCUT2D eigenvalue weighted by molar-refractivity contribution is 0.570. The molecule has 2 nitrogen and oxygen atoms in total. The van der Waals surface area contributed by atoms with E-state index in [-0.39, 0.29) is 11.3 Å². The Bertz CT molecular complexity index is 669. The summed E-state index contributed by atoms with van der Waals surface area (Å²) in [5.41, 5.74) is 2.44. The van der Waals surface area contributed by atoms with E-state index >= 15 is 0 Å². The van der Waals surface area contributed by atoms with E-state index in [0.29, 0.717) is 13.1 Å². The Morgan fingerprint density at radius 1 is 0.952 bits per heavy atom. The Kier molecular flexibility index (Phi) is 3.57. The van der Waals surface area contributed by atoms with Crippen molar-refractivity contribution in [3.63, 3.8) is 0 Å². The van der Waals surface area contributed by atoms with Gasteiger partial charge in [-0.3, -0.25) is 0 Å². The molecule has 3 rings (SSSR count). The fourth-order valence-electron chi connectivity index (χ4n) is 2.82. The van der Waals surface area contributed by atoms with Gasteiger partial charge in [-0.1, -0.05) is 24.3 Å². The largest absolute Gasteiger partial charge is 0.366 e. The highest BCUT2D eigenvalue weighted by Gasteiger charge is 2.20. The molecular formula is C17H14F2N2. The lowest BCUT2D eigenvalue weighted by atomic mass is 10.0. The van der Waals surface area contributed by atoms with Crippen LogP contribution in [0.25, 0.3) is 0 Å². The molecule has 21 heavy (non-hydrogen) atoms. The molecule has 4 heteroatoms. The van der Waals surface area contributed by atoms with Crippen molar-refractivity contribution in [2.45, 2.75) is 12.8 Å². The van der Waals surface area contributed by atoms with Gasteiger partial charge in [0.15, 0.2) is 11.6 Å². The van der Waals surface area contributed by atoms with Gasteiger partial charge < -0.3 is 4.90 Å². The summed E-state index contributed by atoms with van der Waals surface area (Å²) >= 11 is 0. The van der Waals surface area contributed by atoms with Gasteiger partial charge >= 0.3 is 0 Å². The Labute approximate surface area is 122 Å². The minimum atomic E-state index is -0.669. The summed E-state index contributed by atoms with van der Waals surface area (Å²) < 4.78 is 28.2. The Balaban J connectivity index is 1.92. The SMILES string of the molecule is N#Cc1cc(F)c(N2CCc3ccccc3CC2)c(F)c1. The van der Waals surface area contributed by atoms with E-state index in [1.807, 2.05) is 12.1 Å². The van der Waals surface area contributed by atoms with Crippen molar-refractivity contribution in [2.75, 3.05) is 18.0 Å². The minimum absolute atomic E-state index is 0.00635. The highest BCUT2D eigenvalue weighted by atomic mass is 19.1. The Hall–Kier alpha value is -2.41. The standard InChI is InChI=1S/C17H14F2N2/c18-15-9-12(11-20)10-16(19)17(15)21-7-5-13-3-1-2-4-14(13)6-8-21/h1-4,9-10H,5-8H2. The summed E-state index contributed by atoms with van der Waals surface area (Å²) in [6.07, 6.45) is 1.52. The zero-order chi connectivity index (χ0) is 14.8. The number of nitriles is 1. The number of rotatable bonds is 1. The maximum absolute atomic E-state index is 14.1. The molecule has 0 saturated carbocycles. The molecule has 0 fully saturated rings. The monoisotopic (exact) mass is 284 g/mol. The van der Waals surface area contributed by atoms with Crippen molar-refractivity contribution in [3.8, 4) is 6.07 Å². The third-order valence-corrected chi connectivity index (χ3v) is 3.88. The second-order valence-electron chi connectivity index (χ2n) is 5.16. The lowest BCUT2D eigenvalue weighted by Crippen LogP contribution is -2.28. The van der Waals surface area contributed by atoms with Gasteiger partial charge in [-0.05, 0) is 36.1 Å². The van der Waals surface area contributed by atoms with E-state index in [2.05, 4.69) is 12.1 Å². The van der Waals surface area contributed by atoms with Gasteiger partial charge in [0.2, 0.25) is 0 Å². The highest BCUT2D eigenvalue weighted by Crippen LogP contribution is 2.27. The summed E-state index contributed by atoms with van der Waals surface area (Å²) in [6, 6.07) is 12.0. The molecule has 0 amide bonds. The smallest absolute Gasteiger partial charge is 0.150 e. The van der Waals surface area contributed by atoms with Crippen molar-refractivity contribution in [2.24, 2.45) is 0 Å². The number of benzene rings is 2. The van der Waals surface area contributed by atoms with Crippen LogP contribution in [-0.2, 0) is 12.8 Å². The number of anilines is 1. The number of hydrogen-bond donors (Lipinski definition) is 0. The number of halogens is 2. The molecule has 0 spiro atoms. The number of hydrogen-bond acceptors (Lipinski definition) is 2. The van der Waals surface area contributed by atoms with Crippen LogP contribution < -0.4 is 4.90 Å². The molecule has 0 bridgehead atoms. The molecular weight excluding hydrogens is 270 g/mol. The van der Waals surface area contributed by atoms with Gasteiger partial charge in [-0.2, -0.15) is 5.26 Å². The first-order chi connectivity index (χ1) is 10.2. The summed E-state index contributed by atoms with van der Waals surface area (Å²) in [4.78, 5) is 1.73. The molecule has 1 heterocycles. The Morgan fingerprint density at radius 3 is 1.95 bits per heavy atom. The molecule has 0 radical (unpaired) electrons. The number of fused-ring (bicyclic) bond motifs is 1. The summed E-state index contributed by atoms with van der Waals surface area (Å²) in [5, 5.41) is 8.75. The molecule has 0 atom stereocenters. The van der Waals surface area contributed by atoms with Crippen LogP contribution in [-0.4, -0.2) is 13.1 Å². The van der Waals surface area contributed by atoms with E-state index in [1.165, 1.54) is 11.1 Å². The van der Waals surface area contributed by atoms with E-state index in [4.69, 9.17) is 5.26 Å². The van der Waals surface area contributed by atoms with Gasteiger partial charge in [0.25, 0.3) is 0 Å². The fraction of sp³-hybridized carbons (Fsp3) is 0.235. The molecule has 1 aliphatic rings. The van der Waals surface area contributed by atoms with Crippen molar-refractivity contribution in [1.29, 1.82) is 5.26 Å². The van der Waals surface area contributed by atoms with E-state index in [1.54, 1.807) is 11.0 Å². The van der Waals surface area contributed by atoms with Gasteiger partial charge in [-0.25, -0.2) is 8.78 Å². The highest BCUT2D eigenvalue weighted by molar-refractivity contribution is 5.53. The van der Waals surface area contributed by atoms with Crippen LogP contribution in [0.1, 0.15) is 16.7 Å². The molecule has 0 unspecified atom stereocenters. The average molecular weight is 284 g/mol. The molecule has 1 aliphatic heterocycles. The van der Waals surface area contributed by atoms with E-state index in [9.17, 15) is 8.78 Å². The predicted octanol–water partition coefficient (Wildman–Crippen LogP) is 3.44. The molecule has 0 saturated heterocycles. The maximum atomic E-state index is 14.1. The maximum Gasteiger partial charge on any atom is 0.150 e. The van der Waals surface area contributed by atoms with Gasteiger partial charge in [0, 0.05) is 13.1 Å². The fourth-order valence-corrected chi connectivity index (χ4v) is 2.82. The third kappa shape index (κ3) is 2.59. The summed E-state index contributed by atoms with van der Waals surface area (Å²) in [7, 11) is 0. The summed E-state index contributed by atoms with van der Waals surface area (Å²) in [5.74, 6) is -1.34. The van der Waals surface area contributed by atoms with Crippen molar-refractivity contribution in [1.82, 2.24) is 0 Å². The van der Waals surface area contributed by atoms with Crippen LogP contribution in [0.2, 0.25) is 0 Å². The Morgan fingerprint density at radius 2 is 1.48 bits per heavy atom. The van der Waals surface area contributed by atoms with Crippen LogP contribution in [0.4, 0.5) is 14.5 Å². The van der Waals surface area contributed by atoms with Gasteiger partial charge in [0.1, 0.15) is 5.69 Å². The van der Waals surface area contributed by atoms with Crippen molar-refractivity contribution in [3.05, 3.63) is 64.7 Å². The zero-order valence-corrected chi connectivity index (χ0v) is 11.4. The normalized spacial score (nSPS) is 14.2. The van der Waals surface area contributed by atoms with Crippen LogP contribution in [0, 0.1) is 23.0 Å². The molecule has 0 aliphatic carbocycles. The quantitative estimate of drug-likeness (QED) is 0.802. The predicted molar refractivity (Wildman–Crippen MR) is 77.1 cm³/mol. The first-order valence-electron chi connectivity index (χ1n) is 6.90. The van der Waals surface area contributed by atoms with E-state index < -0.39 is 11.6 Å². The number of nitrogens with zero attached hydrogens (tertiary/aromatic N) is 2. The molecule has 2 aromatic carbocycles. The van der Waals surface area contributed by atoms with Crippen LogP contribution in [0.3, 0.4) is 0 Å². The average Bonchev–Trinajstić information content (AvgIpc) is 2.69. The minimum Gasteiger partial charge on any atom is -0.366 e. The second kappa shape index (κ2) is 5.53. The van der Waals surface area contributed by atoms with Crippen molar-refractivity contribution >= 4 is 5.69 Å². The van der Waals surface area contributed by atoms with Crippen LogP contribution in [0.15, 0.2) is 36.4 Å². The molecule has 0 N–H and O–H groups in total.